The van der Waals surface area contributed by atoms with Crippen molar-refractivity contribution in [3.05, 3.63) is 47.8 Å². The number of carbonyl (C=O) groups is 1. The van der Waals surface area contributed by atoms with Crippen molar-refractivity contribution in [3.63, 3.8) is 0 Å². The quantitative estimate of drug-likeness (QED) is 0.853. The molecule has 2 N–H and O–H groups in total. The number of hydrogen-bond acceptors (Lipinski definition) is 5. The van der Waals surface area contributed by atoms with E-state index in [0.29, 0.717) is 18.2 Å². The van der Waals surface area contributed by atoms with Gasteiger partial charge in [-0.1, -0.05) is 25.1 Å². The first-order valence-corrected chi connectivity index (χ1v) is 8.34. The Kier molecular flexibility index (Phi) is 5.38. The van der Waals surface area contributed by atoms with Crippen molar-refractivity contribution in [2.45, 2.75) is 32.3 Å². The molecule has 1 amide bonds. The topological polar surface area (TPSA) is 76.1 Å². The highest BCUT2D eigenvalue weighted by molar-refractivity contribution is 5.92. The lowest BCUT2D eigenvalue weighted by Crippen LogP contribution is -2.32. The van der Waals surface area contributed by atoms with E-state index in [4.69, 9.17) is 4.74 Å². The molecular weight excluding hydrogens is 304 g/mol. The van der Waals surface area contributed by atoms with Crippen LogP contribution < -0.4 is 10.6 Å². The molecule has 6 nitrogen and oxygen atoms in total. The Morgan fingerprint density at radius 1 is 1.33 bits per heavy atom. The molecule has 1 atom stereocenters. The van der Waals surface area contributed by atoms with Gasteiger partial charge < -0.3 is 15.4 Å². The Morgan fingerprint density at radius 3 is 3.00 bits per heavy atom. The number of benzene rings is 1. The van der Waals surface area contributed by atoms with E-state index in [1.165, 1.54) is 5.56 Å². The lowest BCUT2D eigenvalue weighted by atomic mass is 10.1. The first kappa shape index (κ1) is 16.4. The summed E-state index contributed by atoms with van der Waals surface area (Å²) < 4.78 is 5.51. The van der Waals surface area contributed by atoms with Gasteiger partial charge in [-0.05, 0) is 37.0 Å². The Bertz CT molecular complexity index is 699. The normalized spacial score (nSPS) is 16.8. The van der Waals surface area contributed by atoms with Gasteiger partial charge in [-0.2, -0.15) is 0 Å². The molecule has 1 aromatic heterocycles. The number of aryl methyl sites for hydroxylation is 1. The van der Waals surface area contributed by atoms with Gasteiger partial charge in [0, 0.05) is 25.0 Å². The minimum absolute atomic E-state index is 0.116. The lowest BCUT2D eigenvalue weighted by Gasteiger charge is -2.12. The molecule has 1 aromatic carbocycles. The van der Waals surface area contributed by atoms with E-state index in [2.05, 4.69) is 33.6 Å². The molecule has 1 saturated heterocycles. The van der Waals surface area contributed by atoms with Crippen LogP contribution >= 0.6 is 0 Å². The fraction of sp³-hybridized carbons (Fsp3) is 0.389. The van der Waals surface area contributed by atoms with Crippen LogP contribution in [0, 0.1) is 0 Å². The van der Waals surface area contributed by atoms with Gasteiger partial charge in [0.1, 0.15) is 5.69 Å². The summed E-state index contributed by atoms with van der Waals surface area (Å²) in [6.07, 6.45) is 4.66. The predicted molar refractivity (Wildman–Crippen MR) is 92.4 cm³/mol. The number of para-hydroxylation sites is 1. The molecular formula is C18H22N4O2. The average molecular weight is 326 g/mol. The minimum atomic E-state index is -0.209. The van der Waals surface area contributed by atoms with Crippen LogP contribution in [0.2, 0.25) is 0 Å². The summed E-state index contributed by atoms with van der Waals surface area (Å²) in [5.41, 5.74) is 2.48. The Labute approximate surface area is 141 Å². The number of nitrogens with zero attached hydrogens (tertiary/aromatic N) is 2. The standard InChI is InChI=1S/C18H22N4O2/c1-2-13-6-3-4-8-15(13)21-18-19-10-9-16(22-18)17(23)20-12-14-7-5-11-24-14/h3-4,6,8-10,14H,2,5,7,11-12H2,1H3,(H,20,23)(H,19,21,22). The molecule has 0 radical (unpaired) electrons. The summed E-state index contributed by atoms with van der Waals surface area (Å²) in [6, 6.07) is 9.61. The predicted octanol–water partition coefficient (Wildman–Crippen LogP) is 2.69. The molecule has 0 bridgehead atoms. The molecule has 1 aliphatic rings. The maximum atomic E-state index is 12.2. The zero-order valence-electron chi connectivity index (χ0n) is 13.8. The molecule has 126 valence electrons. The number of ether oxygens (including phenoxy) is 1. The van der Waals surface area contributed by atoms with Crippen molar-refractivity contribution >= 4 is 17.5 Å². The highest BCUT2D eigenvalue weighted by Crippen LogP contribution is 2.19. The second kappa shape index (κ2) is 7.88. The second-order valence-electron chi connectivity index (χ2n) is 5.75. The van der Waals surface area contributed by atoms with Gasteiger partial charge in [-0.15, -0.1) is 0 Å². The Hall–Kier alpha value is -2.47. The van der Waals surface area contributed by atoms with E-state index in [1.807, 2.05) is 18.2 Å². The monoisotopic (exact) mass is 326 g/mol. The van der Waals surface area contributed by atoms with E-state index in [0.717, 1.165) is 31.6 Å². The van der Waals surface area contributed by atoms with E-state index < -0.39 is 0 Å². The van der Waals surface area contributed by atoms with Crippen molar-refractivity contribution < 1.29 is 9.53 Å². The molecule has 1 unspecified atom stereocenters. The highest BCUT2D eigenvalue weighted by atomic mass is 16.5. The number of hydrogen-bond donors (Lipinski definition) is 2. The smallest absolute Gasteiger partial charge is 0.270 e. The van der Waals surface area contributed by atoms with E-state index in [9.17, 15) is 4.79 Å². The Morgan fingerprint density at radius 2 is 2.21 bits per heavy atom. The van der Waals surface area contributed by atoms with Crippen LogP contribution in [0.3, 0.4) is 0 Å². The summed E-state index contributed by atoms with van der Waals surface area (Å²) in [7, 11) is 0. The zero-order valence-corrected chi connectivity index (χ0v) is 13.8. The first-order chi connectivity index (χ1) is 11.8. The first-order valence-electron chi connectivity index (χ1n) is 8.34. The molecule has 3 rings (SSSR count). The van der Waals surface area contributed by atoms with Crippen LogP contribution in [0.5, 0.6) is 0 Å². The molecule has 0 spiro atoms. The van der Waals surface area contributed by atoms with Gasteiger partial charge in [-0.3, -0.25) is 4.79 Å². The van der Waals surface area contributed by atoms with Gasteiger partial charge in [0.25, 0.3) is 5.91 Å². The largest absolute Gasteiger partial charge is 0.376 e. The van der Waals surface area contributed by atoms with Crippen molar-refractivity contribution in [2.75, 3.05) is 18.5 Å². The third kappa shape index (κ3) is 4.08. The molecule has 24 heavy (non-hydrogen) atoms. The zero-order chi connectivity index (χ0) is 16.8. The maximum absolute atomic E-state index is 12.2. The van der Waals surface area contributed by atoms with Crippen molar-refractivity contribution in [2.24, 2.45) is 0 Å². The van der Waals surface area contributed by atoms with Crippen LogP contribution in [0.15, 0.2) is 36.5 Å². The molecule has 6 heteroatoms. The summed E-state index contributed by atoms with van der Waals surface area (Å²) >= 11 is 0. The molecule has 1 aliphatic heterocycles. The summed E-state index contributed by atoms with van der Waals surface area (Å²) in [5.74, 6) is 0.209. The number of nitrogens with one attached hydrogen (secondary N) is 2. The van der Waals surface area contributed by atoms with Gasteiger partial charge in [0.2, 0.25) is 5.95 Å². The molecule has 1 fully saturated rings. The van der Waals surface area contributed by atoms with Crippen LogP contribution in [0.1, 0.15) is 35.8 Å². The number of anilines is 2. The lowest BCUT2D eigenvalue weighted by molar-refractivity contribution is 0.0853. The maximum Gasteiger partial charge on any atom is 0.270 e. The number of amides is 1. The van der Waals surface area contributed by atoms with E-state index >= 15 is 0 Å². The third-order valence-electron chi connectivity index (χ3n) is 4.05. The van der Waals surface area contributed by atoms with Crippen LogP contribution in [0.4, 0.5) is 11.6 Å². The number of aromatic nitrogens is 2. The van der Waals surface area contributed by atoms with Gasteiger partial charge >= 0.3 is 0 Å². The fourth-order valence-electron chi connectivity index (χ4n) is 2.72. The van der Waals surface area contributed by atoms with Gasteiger partial charge in [0.15, 0.2) is 0 Å². The van der Waals surface area contributed by atoms with Crippen molar-refractivity contribution in [3.8, 4) is 0 Å². The molecule has 2 heterocycles. The fourth-order valence-corrected chi connectivity index (χ4v) is 2.72. The van der Waals surface area contributed by atoms with Crippen LogP contribution in [-0.4, -0.2) is 35.1 Å². The van der Waals surface area contributed by atoms with Crippen molar-refractivity contribution in [1.82, 2.24) is 15.3 Å². The highest BCUT2D eigenvalue weighted by Gasteiger charge is 2.17. The average Bonchev–Trinajstić information content (AvgIpc) is 3.14. The summed E-state index contributed by atoms with van der Waals surface area (Å²) in [4.78, 5) is 20.8. The van der Waals surface area contributed by atoms with Gasteiger partial charge in [-0.25, -0.2) is 9.97 Å². The number of carbonyl (C=O) groups excluding carboxylic acids is 1. The number of rotatable bonds is 6. The Balaban J connectivity index is 1.65. The van der Waals surface area contributed by atoms with Gasteiger partial charge in [0.05, 0.1) is 6.10 Å². The molecule has 0 saturated carbocycles. The summed E-state index contributed by atoms with van der Waals surface area (Å²) in [6.45, 7) is 3.39. The summed E-state index contributed by atoms with van der Waals surface area (Å²) in [5, 5.41) is 6.06. The van der Waals surface area contributed by atoms with E-state index in [-0.39, 0.29) is 12.0 Å². The molecule has 0 aliphatic carbocycles. The SMILES string of the molecule is CCc1ccccc1Nc1nccc(C(=O)NCC2CCCO2)n1. The van der Waals surface area contributed by atoms with Crippen LogP contribution in [0.25, 0.3) is 0 Å². The minimum Gasteiger partial charge on any atom is -0.376 e. The third-order valence-corrected chi connectivity index (χ3v) is 4.05. The molecule has 2 aromatic rings. The van der Waals surface area contributed by atoms with Crippen molar-refractivity contribution in [1.29, 1.82) is 0 Å². The second-order valence-corrected chi connectivity index (χ2v) is 5.75. The van der Waals surface area contributed by atoms with E-state index in [1.54, 1.807) is 12.3 Å². The van der Waals surface area contributed by atoms with Crippen LogP contribution in [-0.2, 0) is 11.2 Å².